The summed E-state index contributed by atoms with van der Waals surface area (Å²) in [7, 11) is 0. The maximum absolute atomic E-state index is 11.2. The minimum atomic E-state index is -0.795. The molecule has 0 saturated carbocycles. The molecule has 1 aromatic rings. The summed E-state index contributed by atoms with van der Waals surface area (Å²) in [6.45, 7) is 1.82. The van der Waals surface area contributed by atoms with Crippen molar-refractivity contribution in [2.75, 3.05) is 5.88 Å². The molecule has 5 heteroatoms. The monoisotopic (exact) mass is 214 g/mol. The Morgan fingerprint density at radius 3 is 3.00 bits per heavy atom. The van der Waals surface area contributed by atoms with E-state index in [0.29, 0.717) is 5.01 Å². The van der Waals surface area contributed by atoms with E-state index in [1.54, 1.807) is 5.38 Å². The second-order valence-corrected chi connectivity index (χ2v) is 3.65. The number of hydrogen-bond donors (Lipinski definition) is 0. The van der Waals surface area contributed by atoms with Crippen molar-refractivity contribution in [1.82, 2.24) is 4.98 Å². The molecule has 1 rings (SSSR count). The van der Waals surface area contributed by atoms with E-state index in [1.807, 2.05) is 13.0 Å². The summed E-state index contributed by atoms with van der Waals surface area (Å²) in [6.07, 6.45) is 0. The van der Waals surface area contributed by atoms with Gasteiger partial charge in [-0.05, 0) is 6.92 Å². The Kier molecular flexibility index (Phi) is 3.40. The smallest absolute Gasteiger partial charge is 0.171 e. The molecule has 0 amide bonds. The van der Waals surface area contributed by atoms with Crippen LogP contribution in [0.25, 0.3) is 0 Å². The zero-order valence-electron chi connectivity index (χ0n) is 6.95. The van der Waals surface area contributed by atoms with Gasteiger partial charge in [-0.2, -0.15) is 5.26 Å². The molecule has 1 heterocycles. The Balaban J connectivity index is 2.92. The fraction of sp³-hybridized carbons (Fsp3) is 0.375. The maximum Gasteiger partial charge on any atom is 0.171 e. The molecule has 0 aliphatic rings. The van der Waals surface area contributed by atoms with Gasteiger partial charge in [0, 0.05) is 11.1 Å². The number of alkyl halides is 1. The summed E-state index contributed by atoms with van der Waals surface area (Å²) in [4.78, 5) is 15.2. The van der Waals surface area contributed by atoms with E-state index in [4.69, 9.17) is 16.9 Å². The lowest BCUT2D eigenvalue weighted by atomic mass is 10.1. The van der Waals surface area contributed by atoms with Gasteiger partial charge in [-0.1, -0.05) is 0 Å². The average molecular weight is 215 g/mol. The molecule has 0 aliphatic carbocycles. The third-order valence-corrected chi connectivity index (χ3v) is 2.76. The number of hydrogen-bond acceptors (Lipinski definition) is 4. The molecular formula is C8H7ClN2OS. The molecule has 0 radical (unpaired) electrons. The number of thiazole rings is 1. The molecule has 0 aromatic carbocycles. The van der Waals surface area contributed by atoms with Crippen LogP contribution in [0.4, 0.5) is 0 Å². The zero-order chi connectivity index (χ0) is 9.84. The van der Waals surface area contributed by atoms with Gasteiger partial charge in [0.1, 0.15) is 5.01 Å². The van der Waals surface area contributed by atoms with E-state index in [0.717, 1.165) is 5.69 Å². The first kappa shape index (κ1) is 10.2. The molecule has 0 unspecified atom stereocenters. The van der Waals surface area contributed by atoms with Gasteiger partial charge in [0.25, 0.3) is 0 Å². The van der Waals surface area contributed by atoms with Crippen LogP contribution in [0, 0.1) is 18.3 Å². The van der Waals surface area contributed by atoms with Crippen molar-refractivity contribution < 1.29 is 4.79 Å². The lowest BCUT2D eigenvalue weighted by molar-refractivity contribution is -0.117. The second kappa shape index (κ2) is 4.35. The number of rotatable bonds is 3. The SMILES string of the molecule is Cc1csc([C@H](C#N)C(=O)CCl)n1. The number of carbonyl (C=O) groups is 1. The fourth-order valence-electron chi connectivity index (χ4n) is 0.847. The van der Waals surface area contributed by atoms with E-state index in [2.05, 4.69) is 4.98 Å². The van der Waals surface area contributed by atoms with Crippen LogP contribution in [0.2, 0.25) is 0 Å². The topological polar surface area (TPSA) is 53.8 Å². The Labute approximate surface area is 85.0 Å². The predicted molar refractivity (Wildman–Crippen MR) is 50.9 cm³/mol. The number of ketones is 1. The van der Waals surface area contributed by atoms with E-state index in [9.17, 15) is 4.79 Å². The Bertz CT molecular complexity index is 355. The van der Waals surface area contributed by atoms with Crippen molar-refractivity contribution in [3.63, 3.8) is 0 Å². The average Bonchev–Trinajstić information content (AvgIpc) is 2.53. The number of nitrogens with zero attached hydrogens (tertiary/aromatic N) is 2. The highest BCUT2D eigenvalue weighted by Gasteiger charge is 2.21. The van der Waals surface area contributed by atoms with Gasteiger partial charge in [-0.3, -0.25) is 4.79 Å². The normalized spacial score (nSPS) is 12.1. The molecule has 13 heavy (non-hydrogen) atoms. The van der Waals surface area contributed by atoms with Crippen LogP contribution >= 0.6 is 22.9 Å². The van der Waals surface area contributed by atoms with Crippen LogP contribution in [-0.4, -0.2) is 16.6 Å². The van der Waals surface area contributed by atoms with Gasteiger partial charge in [0.05, 0.1) is 11.9 Å². The number of nitriles is 1. The van der Waals surface area contributed by atoms with E-state index >= 15 is 0 Å². The van der Waals surface area contributed by atoms with Crippen LogP contribution in [-0.2, 0) is 4.79 Å². The Morgan fingerprint density at radius 1 is 1.92 bits per heavy atom. The molecule has 0 saturated heterocycles. The fourth-order valence-corrected chi connectivity index (χ4v) is 1.86. The first-order valence-electron chi connectivity index (χ1n) is 3.59. The van der Waals surface area contributed by atoms with Gasteiger partial charge < -0.3 is 0 Å². The predicted octanol–water partition coefficient (Wildman–Crippen LogP) is 1.87. The largest absolute Gasteiger partial charge is 0.296 e. The van der Waals surface area contributed by atoms with Crippen LogP contribution in [0.1, 0.15) is 16.6 Å². The highest BCUT2D eigenvalue weighted by atomic mass is 35.5. The molecule has 68 valence electrons. The lowest BCUT2D eigenvalue weighted by Gasteiger charge is -1.99. The Morgan fingerprint density at radius 2 is 2.62 bits per heavy atom. The van der Waals surface area contributed by atoms with Crippen molar-refractivity contribution in [1.29, 1.82) is 5.26 Å². The zero-order valence-corrected chi connectivity index (χ0v) is 8.52. The number of halogens is 1. The number of aryl methyl sites for hydroxylation is 1. The van der Waals surface area contributed by atoms with E-state index < -0.39 is 5.92 Å². The minimum Gasteiger partial charge on any atom is -0.296 e. The van der Waals surface area contributed by atoms with Gasteiger partial charge in [-0.25, -0.2) is 4.98 Å². The second-order valence-electron chi connectivity index (χ2n) is 2.49. The van der Waals surface area contributed by atoms with Crippen molar-refractivity contribution >= 4 is 28.7 Å². The highest BCUT2D eigenvalue weighted by molar-refractivity contribution is 7.09. The van der Waals surface area contributed by atoms with Crippen molar-refractivity contribution in [2.24, 2.45) is 0 Å². The molecule has 0 N–H and O–H groups in total. The van der Waals surface area contributed by atoms with Crippen LogP contribution in [0.3, 0.4) is 0 Å². The highest BCUT2D eigenvalue weighted by Crippen LogP contribution is 2.20. The molecule has 0 aliphatic heterocycles. The van der Waals surface area contributed by atoms with Gasteiger partial charge in [-0.15, -0.1) is 22.9 Å². The van der Waals surface area contributed by atoms with Crippen molar-refractivity contribution in [3.05, 3.63) is 16.1 Å². The quantitative estimate of drug-likeness (QED) is 0.722. The van der Waals surface area contributed by atoms with Gasteiger partial charge in [0.15, 0.2) is 11.7 Å². The Hall–Kier alpha value is -0.920. The third-order valence-electron chi connectivity index (χ3n) is 1.47. The first-order chi connectivity index (χ1) is 6.19. The van der Waals surface area contributed by atoms with Gasteiger partial charge in [0.2, 0.25) is 0 Å². The molecule has 3 nitrogen and oxygen atoms in total. The number of aromatic nitrogens is 1. The molecule has 0 spiro atoms. The number of carbonyl (C=O) groups excluding carboxylic acids is 1. The molecule has 0 fully saturated rings. The van der Waals surface area contributed by atoms with Crippen LogP contribution < -0.4 is 0 Å². The summed E-state index contributed by atoms with van der Waals surface area (Å²) in [5, 5.41) is 11.1. The van der Waals surface area contributed by atoms with Crippen LogP contribution in [0.15, 0.2) is 5.38 Å². The van der Waals surface area contributed by atoms with Crippen molar-refractivity contribution in [3.8, 4) is 6.07 Å². The minimum absolute atomic E-state index is 0.142. The summed E-state index contributed by atoms with van der Waals surface area (Å²) in [5.41, 5.74) is 0.822. The van der Waals surface area contributed by atoms with E-state index in [-0.39, 0.29) is 11.7 Å². The third kappa shape index (κ3) is 2.27. The van der Waals surface area contributed by atoms with Crippen LogP contribution in [0.5, 0.6) is 0 Å². The van der Waals surface area contributed by atoms with Crippen molar-refractivity contribution in [2.45, 2.75) is 12.8 Å². The van der Waals surface area contributed by atoms with Gasteiger partial charge >= 0.3 is 0 Å². The summed E-state index contributed by atoms with van der Waals surface area (Å²) in [6, 6.07) is 1.90. The standard InChI is InChI=1S/C8H7ClN2OS/c1-5-4-13-8(11-5)6(3-10)7(12)2-9/h4,6H,2H2,1H3/t6-/m1/s1. The summed E-state index contributed by atoms with van der Waals surface area (Å²) < 4.78 is 0. The molecule has 1 aromatic heterocycles. The molecule has 1 atom stereocenters. The molecule has 0 bridgehead atoms. The molecular weight excluding hydrogens is 208 g/mol. The number of Topliss-reactive ketones (excluding diaryl/α,β-unsaturated/α-hetero) is 1. The summed E-state index contributed by atoms with van der Waals surface area (Å²) >= 11 is 6.67. The summed E-state index contributed by atoms with van der Waals surface area (Å²) in [5.74, 6) is -1.23. The van der Waals surface area contributed by atoms with E-state index in [1.165, 1.54) is 11.3 Å². The maximum atomic E-state index is 11.2. The lowest BCUT2D eigenvalue weighted by Crippen LogP contribution is -2.11. The first-order valence-corrected chi connectivity index (χ1v) is 5.00.